The van der Waals surface area contributed by atoms with Gasteiger partial charge in [0.05, 0.1) is 0 Å². The topological polar surface area (TPSA) is 64.4 Å². The van der Waals surface area contributed by atoms with E-state index >= 15 is 0 Å². The molecule has 1 aliphatic rings. The lowest BCUT2D eigenvalue weighted by Crippen LogP contribution is -2.25. The predicted molar refractivity (Wildman–Crippen MR) is 102 cm³/mol. The van der Waals surface area contributed by atoms with Crippen molar-refractivity contribution in [2.45, 2.75) is 64.1 Å². The SMILES string of the molecule is CCCCNC(=O)c1nc(C2CCCCC2)oc1-c1ccc(OC(F)(F)F)cc1. The minimum atomic E-state index is -4.76. The normalized spacial score (nSPS) is 15.3. The third-order valence-electron chi connectivity index (χ3n) is 4.98. The summed E-state index contributed by atoms with van der Waals surface area (Å²) >= 11 is 0. The number of hydrogen-bond acceptors (Lipinski definition) is 4. The maximum absolute atomic E-state index is 12.7. The van der Waals surface area contributed by atoms with Crippen LogP contribution in [-0.4, -0.2) is 23.8 Å². The van der Waals surface area contributed by atoms with E-state index in [1.54, 1.807) is 0 Å². The minimum Gasteiger partial charge on any atom is -0.440 e. The summed E-state index contributed by atoms with van der Waals surface area (Å²) in [7, 11) is 0. The lowest BCUT2D eigenvalue weighted by molar-refractivity contribution is -0.274. The standard InChI is InChI=1S/C21H25F3N2O3/c1-2-3-13-25-19(27)17-18(28-20(26-17)15-7-5-4-6-8-15)14-9-11-16(12-10-14)29-21(22,23)24/h9-12,15H,2-8,13H2,1H3,(H,25,27). The molecular weight excluding hydrogens is 385 g/mol. The number of rotatable bonds is 7. The summed E-state index contributed by atoms with van der Waals surface area (Å²) in [5.41, 5.74) is 0.654. The van der Waals surface area contributed by atoms with E-state index < -0.39 is 6.36 Å². The third-order valence-corrected chi connectivity index (χ3v) is 4.98. The van der Waals surface area contributed by atoms with Gasteiger partial charge in [-0.15, -0.1) is 13.2 Å². The molecule has 2 aromatic rings. The van der Waals surface area contributed by atoms with Crippen LogP contribution >= 0.6 is 0 Å². The maximum Gasteiger partial charge on any atom is 0.573 e. The number of ether oxygens (including phenoxy) is 1. The number of benzene rings is 1. The van der Waals surface area contributed by atoms with E-state index in [0.29, 0.717) is 18.0 Å². The highest BCUT2D eigenvalue weighted by Crippen LogP contribution is 2.36. The van der Waals surface area contributed by atoms with Crippen molar-refractivity contribution in [3.8, 4) is 17.1 Å². The Hall–Kier alpha value is -2.51. The fourth-order valence-electron chi connectivity index (χ4n) is 3.48. The number of oxazole rings is 1. The van der Waals surface area contributed by atoms with Crippen LogP contribution in [0.5, 0.6) is 5.75 Å². The van der Waals surface area contributed by atoms with Gasteiger partial charge < -0.3 is 14.5 Å². The van der Waals surface area contributed by atoms with E-state index in [9.17, 15) is 18.0 Å². The molecule has 0 atom stereocenters. The van der Waals surface area contributed by atoms with Gasteiger partial charge >= 0.3 is 6.36 Å². The number of carbonyl (C=O) groups is 1. The number of halogens is 3. The Kier molecular flexibility index (Phi) is 6.82. The summed E-state index contributed by atoms with van der Waals surface area (Å²) in [5, 5.41) is 2.83. The van der Waals surface area contributed by atoms with Crippen LogP contribution in [0.15, 0.2) is 28.7 Å². The Bertz CT molecular complexity index is 810. The molecule has 3 rings (SSSR count). The molecule has 0 saturated heterocycles. The molecule has 1 N–H and O–H groups in total. The highest BCUT2D eigenvalue weighted by Gasteiger charge is 2.31. The quantitative estimate of drug-likeness (QED) is 0.585. The molecule has 1 heterocycles. The Balaban J connectivity index is 1.88. The summed E-state index contributed by atoms with van der Waals surface area (Å²) < 4.78 is 47.0. The molecule has 0 spiro atoms. The second kappa shape index (κ2) is 9.33. The van der Waals surface area contributed by atoms with Gasteiger partial charge in [0.25, 0.3) is 5.91 Å². The minimum absolute atomic E-state index is 0.160. The van der Waals surface area contributed by atoms with Gasteiger partial charge in [0.1, 0.15) is 5.75 Å². The van der Waals surface area contributed by atoms with Gasteiger partial charge in [-0.3, -0.25) is 4.79 Å². The van der Waals surface area contributed by atoms with Crippen LogP contribution < -0.4 is 10.1 Å². The van der Waals surface area contributed by atoms with Gasteiger partial charge in [-0.25, -0.2) is 4.98 Å². The summed E-state index contributed by atoms with van der Waals surface area (Å²) in [6.45, 7) is 2.55. The number of amides is 1. The van der Waals surface area contributed by atoms with Crippen LogP contribution in [0.25, 0.3) is 11.3 Å². The highest BCUT2D eigenvalue weighted by atomic mass is 19.4. The average Bonchev–Trinajstić information content (AvgIpc) is 3.14. The van der Waals surface area contributed by atoms with Gasteiger partial charge in [0.15, 0.2) is 17.3 Å². The van der Waals surface area contributed by atoms with Crippen molar-refractivity contribution in [2.24, 2.45) is 0 Å². The van der Waals surface area contributed by atoms with Gasteiger partial charge in [-0.2, -0.15) is 0 Å². The van der Waals surface area contributed by atoms with E-state index in [1.807, 2.05) is 6.92 Å². The molecule has 1 aliphatic carbocycles. The summed E-state index contributed by atoms with van der Waals surface area (Å²) in [4.78, 5) is 17.1. The van der Waals surface area contributed by atoms with Gasteiger partial charge in [0.2, 0.25) is 0 Å². The fourth-order valence-corrected chi connectivity index (χ4v) is 3.48. The zero-order chi connectivity index (χ0) is 20.9. The average molecular weight is 410 g/mol. The van der Waals surface area contributed by atoms with Crippen LogP contribution in [0.2, 0.25) is 0 Å². The molecule has 5 nitrogen and oxygen atoms in total. The van der Waals surface area contributed by atoms with Crippen molar-refractivity contribution in [2.75, 3.05) is 6.54 Å². The monoisotopic (exact) mass is 410 g/mol. The molecule has 29 heavy (non-hydrogen) atoms. The van der Waals surface area contributed by atoms with Crippen molar-refractivity contribution >= 4 is 5.91 Å². The predicted octanol–water partition coefficient (Wildman–Crippen LogP) is 5.82. The Morgan fingerprint density at radius 1 is 1.21 bits per heavy atom. The molecule has 8 heteroatoms. The number of hydrogen-bond donors (Lipinski definition) is 1. The largest absolute Gasteiger partial charge is 0.573 e. The van der Waals surface area contributed by atoms with Crippen molar-refractivity contribution in [3.05, 3.63) is 35.9 Å². The van der Waals surface area contributed by atoms with Crippen LogP contribution in [0.3, 0.4) is 0 Å². The number of nitrogens with zero attached hydrogens (tertiary/aromatic N) is 1. The van der Waals surface area contributed by atoms with E-state index in [2.05, 4.69) is 15.0 Å². The molecule has 1 amide bonds. The second-order valence-electron chi connectivity index (χ2n) is 7.25. The van der Waals surface area contributed by atoms with Gasteiger partial charge in [0, 0.05) is 18.0 Å². The first-order valence-electron chi connectivity index (χ1n) is 10.0. The lowest BCUT2D eigenvalue weighted by atomic mass is 9.89. The van der Waals surface area contributed by atoms with Crippen LogP contribution in [-0.2, 0) is 0 Å². The Morgan fingerprint density at radius 3 is 2.52 bits per heavy atom. The summed E-state index contributed by atoms with van der Waals surface area (Å²) in [5.74, 6) is 0.290. The van der Waals surface area contributed by atoms with Crippen LogP contribution in [0.4, 0.5) is 13.2 Å². The molecule has 1 saturated carbocycles. The van der Waals surface area contributed by atoms with E-state index in [0.717, 1.165) is 38.5 Å². The fraction of sp³-hybridized carbons (Fsp3) is 0.524. The number of carbonyl (C=O) groups excluding carboxylic acids is 1. The van der Waals surface area contributed by atoms with Crippen molar-refractivity contribution in [1.29, 1.82) is 0 Å². The van der Waals surface area contributed by atoms with Crippen molar-refractivity contribution in [1.82, 2.24) is 10.3 Å². The van der Waals surface area contributed by atoms with Crippen molar-refractivity contribution < 1.29 is 27.1 Å². The van der Waals surface area contributed by atoms with Gasteiger partial charge in [-0.1, -0.05) is 32.6 Å². The number of aromatic nitrogens is 1. The van der Waals surface area contributed by atoms with E-state index in [1.165, 1.54) is 30.7 Å². The molecule has 1 aromatic heterocycles. The smallest absolute Gasteiger partial charge is 0.440 e. The van der Waals surface area contributed by atoms with Crippen LogP contribution in [0, 0.1) is 0 Å². The van der Waals surface area contributed by atoms with Crippen molar-refractivity contribution in [3.63, 3.8) is 0 Å². The highest BCUT2D eigenvalue weighted by molar-refractivity contribution is 5.97. The molecule has 0 bridgehead atoms. The lowest BCUT2D eigenvalue weighted by Gasteiger charge is -2.17. The molecule has 1 fully saturated rings. The molecule has 1 aromatic carbocycles. The summed E-state index contributed by atoms with van der Waals surface area (Å²) in [6.07, 6.45) is 2.29. The zero-order valence-electron chi connectivity index (χ0n) is 16.3. The molecule has 0 aliphatic heterocycles. The second-order valence-corrected chi connectivity index (χ2v) is 7.25. The van der Waals surface area contributed by atoms with E-state index in [-0.39, 0.29) is 29.0 Å². The first-order valence-corrected chi connectivity index (χ1v) is 10.0. The summed E-state index contributed by atoms with van der Waals surface area (Å²) in [6, 6.07) is 5.28. The number of alkyl halides is 3. The molecular formula is C21H25F3N2O3. The molecule has 0 radical (unpaired) electrons. The van der Waals surface area contributed by atoms with E-state index in [4.69, 9.17) is 4.42 Å². The third kappa shape index (κ3) is 5.74. The zero-order valence-corrected chi connectivity index (χ0v) is 16.3. The first kappa shape index (κ1) is 21.2. The maximum atomic E-state index is 12.7. The van der Waals surface area contributed by atoms with Gasteiger partial charge in [-0.05, 0) is 43.5 Å². The first-order chi connectivity index (χ1) is 13.9. The number of nitrogens with one attached hydrogen (secondary N) is 1. The molecule has 0 unspecified atom stereocenters. The Morgan fingerprint density at radius 2 is 1.90 bits per heavy atom. The Labute approximate surface area is 167 Å². The molecule has 158 valence electrons. The van der Waals surface area contributed by atoms with Crippen LogP contribution in [0.1, 0.15) is 74.2 Å². The number of unbranched alkanes of at least 4 members (excludes halogenated alkanes) is 1.